The molecule has 2 aliphatic rings. The van der Waals surface area contributed by atoms with E-state index in [1.54, 1.807) is 30.6 Å². The Bertz CT molecular complexity index is 1100. The maximum Gasteiger partial charge on any atom is 0.254 e. The summed E-state index contributed by atoms with van der Waals surface area (Å²) in [5.74, 6) is 1.18. The van der Waals surface area contributed by atoms with Crippen LogP contribution in [0.1, 0.15) is 50.0 Å². The summed E-state index contributed by atoms with van der Waals surface area (Å²) in [7, 11) is 0. The molecule has 8 nitrogen and oxygen atoms in total. The summed E-state index contributed by atoms with van der Waals surface area (Å²) in [5, 5.41) is 21.9. The predicted octanol–water partition coefficient (Wildman–Crippen LogP) is 3.43. The van der Waals surface area contributed by atoms with Crippen LogP contribution in [0.15, 0.2) is 30.6 Å². The lowest BCUT2D eigenvalue weighted by Crippen LogP contribution is -2.74. The Hall–Kier alpha value is -2.89. The van der Waals surface area contributed by atoms with E-state index in [0.29, 0.717) is 27.8 Å². The van der Waals surface area contributed by atoms with Crippen molar-refractivity contribution in [2.45, 2.75) is 46.3 Å². The lowest BCUT2D eigenvalue weighted by molar-refractivity contribution is -0.164. The normalized spacial score (nSPS) is 24.7. The van der Waals surface area contributed by atoms with E-state index in [9.17, 15) is 9.90 Å². The molecule has 4 rings (SSSR count). The number of nitrogens with zero attached hydrogens (tertiary/aromatic N) is 4. The smallest absolute Gasteiger partial charge is 0.254 e. The zero-order valence-corrected chi connectivity index (χ0v) is 20.6. The summed E-state index contributed by atoms with van der Waals surface area (Å²) in [6.07, 6.45) is 3.83. The molecule has 2 heterocycles. The molecule has 180 valence electrons. The van der Waals surface area contributed by atoms with Crippen molar-refractivity contribution in [3.8, 4) is 11.8 Å². The molecule has 2 fully saturated rings. The first-order valence-electron chi connectivity index (χ1n) is 11.4. The van der Waals surface area contributed by atoms with Crippen molar-refractivity contribution in [2.24, 2.45) is 16.7 Å². The zero-order valence-electron chi connectivity index (χ0n) is 19.9. The summed E-state index contributed by atoms with van der Waals surface area (Å²) in [4.78, 5) is 23.8. The third-order valence-corrected chi connectivity index (χ3v) is 7.47. The van der Waals surface area contributed by atoms with Crippen molar-refractivity contribution >= 4 is 23.5 Å². The van der Waals surface area contributed by atoms with Crippen LogP contribution in [-0.2, 0) is 0 Å². The highest BCUT2D eigenvalue weighted by atomic mass is 35.5. The van der Waals surface area contributed by atoms with E-state index in [4.69, 9.17) is 21.6 Å². The van der Waals surface area contributed by atoms with Crippen LogP contribution in [0.3, 0.4) is 0 Å². The van der Waals surface area contributed by atoms with Crippen LogP contribution in [0.25, 0.3) is 0 Å². The first-order valence-corrected chi connectivity index (χ1v) is 11.8. The summed E-state index contributed by atoms with van der Waals surface area (Å²) in [6.45, 7) is 9.92. The number of hydrogen-bond acceptors (Lipinski definition) is 7. The molecule has 2 N–H and O–H groups in total. The Labute approximate surface area is 204 Å². The summed E-state index contributed by atoms with van der Waals surface area (Å²) in [5.41, 5.74) is 0.0960. The Morgan fingerprint density at radius 1 is 1.29 bits per heavy atom. The third-order valence-electron chi connectivity index (χ3n) is 7.16. The van der Waals surface area contributed by atoms with Crippen molar-refractivity contribution < 1.29 is 14.6 Å². The molecule has 0 unspecified atom stereocenters. The van der Waals surface area contributed by atoms with E-state index < -0.39 is 0 Å². The number of anilines is 1. The molecule has 34 heavy (non-hydrogen) atoms. The first-order chi connectivity index (χ1) is 16.1. The van der Waals surface area contributed by atoms with E-state index in [-0.39, 0.29) is 41.4 Å². The molecular formula is C25H30ClN5O3. The van der Waals surface area contributed by atoms with Crippen LogP contribution in [0.4, 0.5) is 5.95 Å². The number of hydrogen-bond donors (Lipinski definition) is 2. The molecule has 0 radical (unpaired) electrons. The number of aliphatic hydroxyl groups excluding tert-OH is 1. The van der Waals surface area contributed by atoms with Crippen molar-refractivity contribution in [2.75, 3.05) is 24.6 Å². The number of benzene rings is 1. The fraction of sp³-hybridized carbons (Fsp3) is 0.520. The number of nitriles is 1. The maximum absolute atomic E-state index is 13.0. The first kappa shape index (κ1) is 24.2. The highest BCUT2D eigenvalue weighted by molar-refractivity contribution is 6.31. The Morgan fingerprint density at radius 2 is 1.97 bits per heavy atom. The second-order valence-electron chi connectivity index (χ2n) is 10.4. The van der Waals surface area contributed by atoms with Crippen molar-refractivity contribution in [1.29, 1.82) is 5.26 Å². The molecule has 1 aromatic carbocycles. The van der Waals surface area contributed by atoms with Gasteiger partial charge < -0.3 is 20.1 Å². The number of amides is 1. The molecule has 1 atom stereocenters. The average Bonchev–Trinajstić information content (AvgIpc) is 3.30. The lowest BCUT2D eigenvalue weighted by atomic mass is 9.49. The summed E-state index contributed by atoms with van der Waals surface area (Å²) in [6, 6.07) is 6.94. The van der Waals surface area contributed by atoms with Crippen molar-refractivity contribution in [3.63, 3.8) is 0 Å². The Morgan fingerprint density at radius 3 is 2.53 bits per heavy atom. The van der Waals surface area contributed by atoms with E-state index in [2.05, 4.69) is 43.0 Å². The number of ether oxygens (including phenoxy) is 1. The van der Waals surface area contributed by atoms with Gasteiger partial charge in [0.25, 0.3) is 5.91 Å². The van der Waals surface area contributed by atoms with Gasteiger partial charge >= 0.3 is 0 Å². The second kappa shape index (κ2) is 9.05. The minimum absolute atomic E-state index is 0.144. The monoisotopic (exact) mass is 483 g/mol. The van der Waals surface area contributed by atoms with Crippen molar-refractivity contribution in [3.05, 3.63) is 46.7 Å². The lowest BCUT2D eigenvalue weighted by Gasteiger charge is -2.63. The van der Waals surface area contributed by atoms with Gasteiger partial charge in [-0.05, 0) is 18.6 Å². The van der Waals surface area contributed by atoms with Gasteiger partial charge in [0.2, 0.25) is 5.95 Å². The fourth-order valence-electron chi connectivity index (χ4n) is 5.58. The van der Waals surface area contributed by atoms with Crippen LogP contribution in [0, 0.1) is 28.1 Å². The van der Waals surface area contributed by atoms with Gasteiger partial charge in [-0.25, -0.2) is 9.97 Å². The van der Waals surface area contributed by atoms with Crippen LogP contribution >= 0.6 is 11.6 Å². The van der Waals surface area contributed by atoms with Crippen LogP contribution in [-0.4, -0.2) is 52.8 Å². The van der Waals surface area contributed by atoms with E-state index >= 15 is 0 Å². The van der Waals surface area contributed by atoms with Gasteiger partial charge in [-0.3, -0.25) is 4.79 Å². The molecule has 1 aliphatic carbocycles. The van der Waals surface area contributed by atoms with E-state index in [0.717, 1.165) is 19.5 Å². The Kier molecular flexibility index (Phi) is 6.45. The Balaban J connectivity index is 1.42. The average molecular weight is 484 g/mol. The molecule has 1 aromatic heterocycles. The van der Waals surface area contributed by atoms with Gasteiger partial charge in [-0.2, -0.15) is 5.26 Å². The number of aliphatic hydroxyl groups is 1. The molecule has 2 aromatic rings. The predicted molar refractivity (Wildman–Crippen MR) is 129 cm³/mol. The highest BCUT2D eigenvalue weighted by Gasteiger charge is 2.64. The molecule has 9 heteroatoms. The van der Waals surface area contributed by atoms with E-state index in [1.165, 1.54) is 0 Å². The second-order valence-corrected chi connectivity index (χ2v) is 10.8. The highest BCUT2D eigenvalue weighted by Crippen LogP contribution is 2.55. The summed E-state index contributed by atoms with van der Waals surface area (Å²) >= 11 is 6.16. The van der Waals surface area contributed by atoms with Gasteiger partial charge in [0.05, 0.1) is 16.1 Å². The third kappa shape index (κ3) is 4.30. The largest absolute Gasteiger partial charge is 0.489 e. The number of carbonyl (C=O) groups is 1. The number of carbonyl (C=O) groups excluding carboxylic acids is 1. The van der Waals surface area contributed by atoms with Gasteiger partial charge in [-0.15, -0.1) is 0 Å². The zero-order chi connectivity index (χ0) is 24.7. The molecule has 1 saturated carbocycles. The molecular weight excluding hydrogens is 454 g/mol. The van der Waals surface area contributed by atoms with Crippen LogP contribution in [0.5, 0.6) is 5.75 Å². The molecule has 0 spiro atoms. The van der Waals surface area contributed by atoms with Gasteiger partial charge in [0.15, 0.2) is 0 Å². The summed E-state index contributed by atoms with van der Waals surface area (Å²) < 4.78 is 6.28. The topological polar surface area (TPSA) is 111 Å². The fourth-order valence-corrected chi connectivity index (χ4v) is 5.79. The molecule has 1 saturated heterocycles. The van der Waals surface area contributed by atoms with Crippen molar-refractivity contribution in [1.82, 2.24) is 15.3 Å². The standard InChI is InChI=1S/C25H30ClN5O3/c1-24(2)21(25(3,4)22(24)34-18-6-5-16(10-27)19(26)9-18)30-20(33)17-11-28-23(29-12-17)31-8-7-15(13-31)14-32/h5-6,9,11-12,15,21-22,32H,7-8,13-14H2,1-4H3,(H,30,33)/t15-,21-,22-/m0/s1. The van der Waals surface area contributed by atoms with Crippen LogP contribution < -0.4 is 15.0 Å². The number of rotatable bonds is 6. The van der Waals surface area contributed by atoms with Gasteiger partial charge in [-0.1, -0.05) is 39.3 Å². The number of nitrogens with one attached hydrogen (secondary N) is 1. The maximum atomic E-state index is 13.0. The number of aromatic nitrogens is 2. The van der Waals surface area contributed by atoms with Gasteiger partial charge in [0, 0.05) is 60.9 Å². The molecule has 1 aliphatic heterocycles. The SMILES string of the molecule is CC1(C)[C@H](NC(=O)c2cnc(N3CC[C@H](CO)C3)nc2)C(C)(C)[C@H]1Oc1ccc(C#N)c(Cl)c1. The minimum Gasteiger partial charge on any atom is -0.489 e. The molecule has 0 bridgehead atoms. The minimum atomic E-state index is -0.352. The van der Waals surface area contributed by atoms with E-state index in [1.807, 2.05) is 11.0 Å². The molecule has 1 amide bonds. The number of halogens is 1. The van der Waals surface area contributed by atoms with Gasteiger partial charge in [0.1, 0.15) is 17.9 Å². The van der Waals surface area contributed by atoms with Crippen LogP contribution in [0.2, 0.25) is 5.02 Å². The quantitative estimate of drug-likeness (QED) is 0.647.